The molecule has 0 bridgehead atoms. The van der Waals surface area contributed by atoms with E-state index in [9.17, 15) is 14.4 Å². The molecule has 1 rings (SSSR count). The molecule has 0 saturated heterocycles. The maximum atomic E-state index is 11.8. The minimum atomic E-state index is -1.13. The van der Waals surface area contributed by atoms with Crippen LogP contribution in [-0.2, 0) is 22.4 Å². The van der Waals surface area contributed by atoms with Crippen molar-refractivity contribution in [3.8, 4) is 0 Å². The molecule has 7 heteroatoms. The summed E-state index contributed by atoms with van der Waals surface area (Å²) in [5, 5.41) is 11.0. The van der Waals surface area contributed by atoms with Gasteiger partial charge in [0.05, 0.1) is 6.42 Å². The molecular weight excluding hydrogens is 250 g/mol. The van der Waals surface area contributed by atoms with Gasteiger partial charge in [0.2, 0.25) is 5.91 Å². The monoisotopic (exact) mass is 267 g/mol. The molecule has 3 N–H and O–H groups in total. The van der Waals surface area contributed by atoms with Gasteiger partial charge in [-0.3, -0.25) is 14.4 Å². The molecule has 104 valence electrons. The molecule has 7 nitrogen and oxygen atoms in total. The van der Waals surface area contributed by atoms with Crippen molar-refractivity contribution in [2.24, 2.45) is 0 Å². The Morgan fingerprint density at radius 3 is 2.58 bits per heavy atom. The SMILES string of the molecule is CCc1nc(C)c(CC(=O)N[C@H](C)C(=O)O)c(=O)[nH]1. The van der Waals surface area contributed by atoms with Crippen LogP contribution in [-0.4, -0.2) is 33.0 Å². The number of amides is 1. The molecule has 0 aliphatic rings. The third-order valence-electron chi connectivity index (χ3n) is 2.69. The number of nitrogens with zero attached hydrogens (tertiary/aromatic N) is 1. The molecule has 19 heavy (non-hydrogen) atoms. The van der Waals surface area contributed by atoms with Crippen molar-refractivity contribution in [3.63, 3.8) is 0 Å². The summed E-state index contributed by atoms with van der Waals surface area (Å²) in [5.74, 6) is -1.08. The Bertz CT molecular complexity index is 550. The van der Waals surface area contributed by atoms with Gasteiger partial charge in [0, 0.05) is 17.7 Å². The van der Waals surface area contributed by atoms with Crippen molar-refractivity contribution < 1.29 is 14.7 Å². The summed E-state index contributed by atoms with van der Waals surface area (Å²) < 4.78 is 0. The Morgan fingerprint density at radius 2 is 2.11 bits per heavy atom. The first-order valence-electron chi connectivity index (χ1n) is 5.96. The Labute approximate surface area is 110 Å². The van der Waals surface area contributed by atoms with Crippen LogP contribution in [0.2, 0.25) is 0 Å². The second-order valence-corrected chi connectivity index (χ2v) is 4.23. The lowest BCUT2D eigenvalue weighted by atomic mass is 10.1. The number of aromatic amines is 1. The van der Waals surface area contributed by atoms with E-state index in [1.54, 1.807) is 6.92 Å². The van der Waals surface area contributed by atoms with Gasteiger partial charge in [-0.25, -0.2) is 4.98 Å². The van der Waals surface area contributed by atoms with Crippen LogP contribution < -0.4 is 10.9 Å². The normalized spacial score (nSPS) is 11.9. The van der Waals surface area contributed by atoms with Crippen molar-refractivity contribution in [1.29, 1.82) is 0 Å². The molecule has 0 aliphatic carbocycles. The zero-order chi connectivity index (χ0) is 14.6. The van der Waals surface area contributed by atoms with Gasteiger partial charge in [0.25, 0.3) is 5.56 Å². The minimum Gasteiger partial charge on any atom is -0.480 e. The molecular formula is C12H17N3O4. The van der Waals surface area contributed by atoms with E-state index in [2.05, 4.69) is 15.3 Å². The molecule has 0 saturated carbocycles. The average molecular weight is 267 g/mol. The fourth-order valence-electron chi connectivity index (χ4n) is 1.56. The number of aliphatic carboxylic acids is 1. The Morgan fingerprint density at radius 1 is 1.47 bits per heavy atom. The number of nitrogens with one attached hydrogen (secondary N) is 2. The molecule has 0 radical (unpaired) electrons. The molecule has 1 amide bonds. The zero-order valence-electron chi connectivity index (χ0n) is 11.1. The fraction of sp³-hybridized carbons (Fsp3) is 0.500. The minimum absolute atomic E-state index is 0.185. The van der Waals surface area contributed by atoms with Gasteiger partial charge in [0.1, 0.15) is 11.9 Å². The van der Waals surface area contributed by atoms with Crippen LogP contribution in [0.1, 0.15) is 30.9 Å². The van der Waals surface area contributed by atoms with E-state index in [1.807, 2.05) is 6.92 Å². The summed E-state index contributed by atoms with van der Waals surface area (Å²) in [6.45, 7) is 4.87. The number of hydrogen-bond donors (Lipinski definition) is 3. The fourth-order valence-corrected chi connectivity index (χ4v) is 1.56. The van der Waals surface area contributed by atoms with E-state index in [0.717, 1.165) is 0 Å². The second-order valence-electron chi connectivity index (χ2n) is 4.23. The number of H-pyrrole nitrogens is 1. The van der Waals surface area contributed by atoms with Crippen LogP contribution in [0.5, 0.6) is 0 Å². The smallest absolute Gasteiger partial charge is 0.325 e. The molecule has 0 aromatic carbocycles. The zero-order valence-corrected chi connectivity index (χ0v) is 11.1. The second kappa shape index (κ2) is 6.12. The molecule has 0 unspecified atom stereocenters. The summed E-state index contributed by atoms with van der Waals surface area (Å²) in [6.07, 6.45) is 0.411. The molecule has 1 aromatic heterocycles. The number of hydrogen-bond acceptors (Lipinski definition) is 4. The third kappa shape index (κ3) is 3.90. The summed E-state index contributed by atoms with van der Waals surface area (Å²) >= 11 is 0. The predicted octanol–water partition coefficient (Wildman–Crippen LogP) is -0.227. The van der Waals surface area contributed by atoms with E-state index in [1.165, 1.54) is 6.92 Å². The quantitative estimate of drug-likeness (QED) is 0.682. The highest BCUT2D eigenvalue weighted by Gasteiger charge is 2.17. The molecule has 0 fully saturated rings. The molecule has 1 atom stereocenters. The summed E-state index contributed by atoms with van der Waals surface area (Å²) in [6, 6.07) is -0.991. The topological polar surface area (TPSA) is 112 Å². The first-order valence-corrected chi connectivity index (χ1v) is 5.96. The Balaban J connectivity index is 2.86. The molecule has 0 spiro atoms. The maximum absolute atomic E-state index is 11.8. The van der Waals surface area contributed by atoms with E-state index in [4.69, 9.17) is 5.11 Å². The highest BCUT2D eigenvalue weighted by atomic mass is 16.4. The Kier molecular flexibility index (Phi) is 4.80. The van der Waals surface area contributed by atoms with Crippen molar-refractivity contribution in [2.75, 3.05) is 0 Å². The molecule has 1 aromatic rings. The van der Waals surface area contributed by atoms with Crippen molar-refractivity contribution >= 4 is 11.9 Å². The van der Waals surface area contributed by atoms with Crippen LogP contribution in [0.4, 0.5) is 0 Å². The van der Waals surface area contributed by atoms with Crippen molar-refractivity contribution in [2.45, 2.75) is 39.7 Å². The number of rotatable bonds is 5. The van der Waals surface area contributed by atoms with Gasteiger partial charge in [-0.05, 0) is 13.8 Å². The largest absolute Gasteiger partial charge is 0.480 e. The number of carboxylic acid groups (broad SMARTS) is 1. The number of carboxylic acids is 1. The van der Waals surface area contributed by atoms with Gasteiger partial charge in [-0.2, -0.15) is 0 Å². The van der Waals surface area contributed by atoms with Crippen LogP contribution in [0, 0.1) is 6.92 Å². The van der Waals surface area contributed by atoms with E-state index >= 15 is 0 Å². The maximum Gasteiger partial charge on any atom is 0.325 e. The average Bonchev–Trinajstić information content (AvgIpc) is 2.33. The lowest BCUT2D eigenvalue weighted by molar-refractivity contribution is -0.141. The lowest BCUT2D eigenvalue weighted by Gasteiger charge is -2.10. The van der Waals surface area contributed by atoms with Gasteiger partial charge in [0.15, 0.2) is 0 Å². The number of aromatic nitrogens is 2. The highest BCUT2D eigenvalue weighted by Crippen LogP contribution is 2.01. The van der Waals surface area contributed by atoms with Crippen LogP contribution in [0.3, 0.4) is 0 Å². The van der Waals surface area contributed by atoms with E-state index < -0.39 is 17.9 Å². The van der Waals surface area contributed by atoms with Crippen molar-refractivity contribution in [1.82, 2.24) is 15.3 Å². The van der Waals surface area contributed by atoms with Crippen LogP contribution in [0.25, 0.3) is 0 Å². The van der Waals surface area contributed by atoms with Gasteiger partial charge < -0.3 is 15.4 Å². The van der Waals surface area contributed by atoms with E-state index in [-0.39, 0.29) is 17.5 Å². The summed E-state index contributed by atoms with van der Waals surface area (Å²) in [5.41, 5.74) is 0.383. The summed E-state index contributed by atoms with van der Waals surface area (Å²) in [4.78, 5) is 40.8. The summed E-state index contributed by atoms with van der Waals surface area (Å²) in [7, 11) is 0. The molecule has 0 aliphatic heterocycles. The van der Waals surface area contributed by atoms with Gasteiger partial charge in [-0.15, -0.1) is 0 Å². The number of aryl methyl sites for hydroxylation is 2. The van der Waals surface area contributed by atoms with Crippen LogP contribution in [0.15, 0.2) is 4.79 Å². The number of carbonyl (C=O) groups is 2. The molecule has 1 heterocycles. The first-order chi connectivity index (χ1) is 8.85. The Hall–Kier alpha value is -2.18. The van der Waals surface area contributed by atoms with Crippen LogP contribution >= 0.6 is 0 Å². The third-order valence-corrected chi connectivity index (χ3v) is 2.69. The van der Waals surface area contributed by atoms with Gasteiger partial charge in [-0.1, -0.05) is 6.92 Å². The highest BCUT2D eigenvalue weighted by molar-refractivity contribution is 5.84. The van der Waals surface area contributed by atoms with Crippen molar-refractivity contribution in [3.05, 3.63) is 27.4 Å². The lowest BCUT2D eigenvalue weighted by Crippen LogP contribution is -2.40. The predicted molar refractivity (Wildman–Crippen MR) is 67.9 cm³/mol. The standard InChI is InChI=1S/C12H17N3O4/c1-4-9-13-6(2)8(11(17)15-9)5-10(16)14-7(3)12(18)19/h7H,4-5H2,1-3H3,(H,14,16)(H,18,19)(H,13,15,17)/t7-/m1/s1. The van der Waals surface area contributed by atoms with E-state index in [0.29, 0.717) is 17.9 Å². The number of carbonyl (C=O) groups excluding carboxylic acids is 1. The van der Waals surface area contributed by atoms with Gasteiger partial charge >= 0.3 is 5.97 Å². The first kappa shape index (κ1) is 14.9.